The van der Waals surface area contributed by atoms with Crippen LogP contribution in [-0.2, 0) is 11.2 Å². The highest BCUT2D eigenvalue weighted by atomic mass is 32.1. The maximum absolute atomic E-state index is 14.4. The first kappa shape index (κ1) is 20.0. The van der Waals surface area contributed by atoms with Gasteiger partial charge in [0.25, 0.3) is 0 Å². The predicted molar refractivity (Wildman–Crippen MR) is 105 cm³/mol. The second-order valence-electron chi connectivity index (χ2n) is 6.92. The van der Waals surface area contributed by atoms with Gasteiger partial charge in [-0.1, -0.05) is 12.1 Å². The number of aromatic carboxylic acids is 1. The maximum Gasteiger partial charge on any atom is 0.339 e. The van der Waals surface area contributed by atoms with Gasteiger partial charge in [-0.25, -0.2) is 13.6 Å². The summed E-state index contributed by atoms with van der Waals surface area (Å²) in [4.78, 5) is 37.1. The van der Waals surface area contributed by atoms with E-state index in [-0.39, 0.29) is 33.7 Å². The van der Waals surface area contributed by atoms with Gasteiger partial charge >= 0.3 is 5.97 Å². The van der Waals surface area contributed by atoms with Gasteiger partial charge < -0.3 is 14.8 Å². The van der Waals surface area contributed by atoms with E-state index in [2.05, 4.69) is 5.32 Å². The monoisotopic (exact) mass is 431 g/mol. The molecule has 9 heteroatoms. The van der Waals surface area contributed by atoms with Crippen LogP contribution in [0.5, 0.6) is 0 Å². The molecule has 2 aromatic heterocycles. The van der Waals surface area contributed by atoms with Gasteiger partial charge in [-0.2, -0.15) is 0 Å². The SMILES string of the molecule is Cc1ccc(-c2csc(NC(=O)C3CCc4occc4C3=O)c2C(=O)O)c(F)c1F. The zero-order valence-electron chi connectivity index (χ0n) is 15.6. The molecule has 0 spiro atoms. The summed E-state index contributed by atoms with van der Waals surface area (Å²) in [5.74, 6) is -5.16. The van der Waals surface area contributed by atoms with Gasteiger partial charge in [0.05, 0.1) is 11.8 Å². The number of anilines is 1. The van der Waals surface area contributed by atoms with Crippen LogP contribution in [0.1, 0.15) is 38.5 Å². The predicted octanol–water partition coefficient (Wildman–Crippen LogP) is 4.68. The highest BCUT2D eigenvalue weighted by Gasteiger charge is 2.35. The van der Waals surface area contributed by atoms with Crippen LogP contribution in [0.3, 0.4) is 0 Å². The maximum atomic E-state index is 14.4. The molecule has 3 aromatic rings. The summed E-state index contributed by atoms with van der Waals surface area (Å²) in [7, 11) is 0. The molecule has 0 bridgehead atoms. The van der Waals surface area contributed by atoms with Crippen molar-refractivity contribution >= 4 is 34.0 Å². The third-order valence-corrected chi connectivity index (χ3v) is 6.01. The van der Waals surface area contributed by atoms with Crippen molar-refractivity contribution in [2.75, 3.05) is 5.32 Å². The lowest BCUT2D eigenvalue weighted by Gasteiger charge is -2.19. The number of hydrogen-bond acceptors (Lipinski definition) is 5. The summed E-state index contributed by atoms with van der Waals surface area (Å²) < 4.78 is 33.6. The molecule has 1 aliphatic carbocycles. The largest absolute Gasteiger partial charge is 0.478 e. The minimum atomic E-state index is -1.41. The van der Waals surface area contributed by atoms with Gasteiger partial charge in [-0.3, -0.25) is 9.59 Å². The first-order valence-electron chi connectivity index (χ1n) is 9.00. The second-order valence-corrected chi connectivity index (χ2v) is 7.80. The number of nitrogens with one attached hydrogen (secondary N) is 1. The molecule has 0 radical (unpaired) electrons. The van der Waals surface area contributed by atoms with Gasteiger partial charge in [0.1, 0.15) is 22.2 Å². The number of amides is 1. The summed E-state index contributed by atoms with van der Waals surface area (Å²) in [6.45, 7) is 1.40. The minimum Gasteiger partial charge on any atom is -0.478 e. The Morgan fingerprint density at radius 1 is 1.17 bits per heavy atom. The molecular weight excluding hydrogens is 416 g/mol. The van der Waals surface area contributed by atoms with Crippen LogP contribution in [-0.4, -0.2) is 22.8 Å². The molecule has 1 amide bonds. The molecule has 1 aromatic carbocycles. The lowest BCUT2D eigenvalue weighted by molar-refractivity contribution is -0.118. The Balaban J connectivity index is 1.66. The van der Waals surface area contributed by atoms with Crippen molar-refractivity contribution in [3.63, 3.8) is 0 Å². The fourth-order valence-corrected chi connectivity index (χ4v) is 4.47. The van der Waals surface area contributed by atoms with E-state index in [1.807, 2.05) is 0 Å². The number of rotatable bonds is 4. The van der Waals surface area contributed by atoms with Crippen molar-refractivity contribution in [3.05, 3.63) is 63.9 Å². The molecule has 0 aliphatic heterocycles. The number of ketones is 1. The van der Waals surface area contributed by atoms with Crippen molar-refractivity contribution in [1.82, 2.24) is 0 Å². The van der Waals surface area contributed by atoms with Gasteiger partial charge in [0, 0.05) is 22.9 Å². The lowest BCUT2D eigenvalue weighted by Crippen LogP contribution is -2.33. The van der Waals surface area contributed by atoms with E-state index in [1.165, 1.54) is 36.8 Å². The minimum absolute atomic E-state index is 0.0475. The number of thiophene rings is 1. The second kappa shape index (κ2) is 7.49. The quantitative estimate of drug-likeness (QED) is 0.585. The van der Waals surface area contributed by atoms with Crippen molar-refractivity contribution in [1.29, 1.82) is 0 Å². The summed E-state index contributed by atoms with van der Waals surface area (Å²) in [5, 5.41) is 13.4. The van der Waals surface area contributed by atoms with Crippen LogP contribution in [0, 0.1) is 24.5 Å². The zero-order chi connectivity index (χ0) is 21.6. The van der Waals surface area contributed by atoms with Crippen LogP contribution in [0.25, 0.3) is 11.1 Å². The number of carboxylic acids is 1. The van der Waals surface area contributed by atoms with Crippen LogP contribution >= 0.6 is 11.3 Å². The van der Waals surface area contributed by atoms with E-state index in [9.17, 15) is 28.3 Å². The fourth-order valence-electron chi connectivity index (χ4n) is 3.51. The van der Waals surface area contributed by atoms with Crippen LogP contribution in [0.15, 0.2) is 34.3 Å². The first-order chi connectivity index (χ1) is 14.3. The number of Topliss-reactive ketones (excluding diaryl/α,β-unsaturated/α-hetero) is 1. The molecule has 2 heterocycles. The highest BCUT2D eigenvalue weighted by Crippen LogP contribution is 2.38. The van der Waals surface area contributed by atoms with E-state index in [0.29, 0.717) is 17.7 Å². The molecule has 1 aliphatic rings. The molecule has 4 rings (SSSR count). The fraction of sp³-hybridized carbons (Fsp3) is 0.190. The van der Waals surface area contributed by atoms with Crippen molar-refractivity contribution in [2.24, 2.45) is 5.92 Å². The van der Waals surface area contributed by atoms with E-state index < -0.39 is 35.2 Å². The van der Waals surface area contributed by atoms with Gasteiger partial charge in [-0.15, -0.1) is 11.3 Å². The number of furan rings is 1. The number of fused-ring (bicyclic) bond motifs is 1. The molecule has 1 atom stereocenters. The van der Waals surface area contributed by atoms with Crippen molar-refractivity contribution in [3.8, 4) is 11.1 Å². The van der Waals surface area contributed by atoms with Gasteiger partial charge in [-0.05, 0) is 25.0 Å². The molecule has 0 fully saturated rings. The zero-order valence-corrected chi connectivity index (χ0v) is 16.4. The summed E-state index contributed by atoms with van der Waals surface area (Å²) in [6, 6.07) is 4.13. The smallest absolute Gasteiger partial charge is 0.339 e. The normalized spacial score (nSPS) is 15.7. The lowest BCUT2D eigenvalue weighted by atomic mass is 9.86. The van der Waals surface area contributed by atoms with Crippen LogP contribution < -0.4 is 5.32 Å². The topological polar surface area (TPSA) is 96.6 Å². The standard InChI is InChI=1S/C21H15F2NO5S/c1-9-2-3-10(17(23)16(9)22)13-8-30-20(15(13)21(27)28)24-19(26)12-4-5-14-11(18(12)25)6-7-29-14/h2-3,6-8,12H,4-5H2,1H3,(H,24,26)(H,27,28). The Morgan fingerprint density at radius 2 is 1.93 bits per heavy atom. The first-order valence-corrected chi connectivity index (χ1v) is 9.88. The molecular formula is C21H15F2NO5S. The third kappa shape index (κ3) is 3.21. The van der Waals surface area contributed by atoms with E-state index >= 15 is 0 Å². The Hall–Kier alpha value is -3.33. The number of benzene rings is 1. The highest BCUT2D eigenvalue weighted by molar-refractivity contribution is 7.15. The van der Waals surface area contributed by atoms with Crippen molar-refractivity contribution in [2.45, 2.75) is 19.8 Å². The molecule has 1 unspecified atom stereocenters. The van der Waals surface area contributed by atoms with E-state index in [4.69, 9.17) is 4.42 Å². The summed E-state index contributed by atoms with van der Waals surface area (Å²) in [6.07, 6.45) is 2.01. The molecule has 0 saturated carbocycles. The molecule has 30 heavy (non-hydrogen) atoms. The van der Waals surface area contributed by atoms with E-state index in [1.54, 1.807) is 0 Å². The van der Waals surface area contributed by atoms with E-state index in [0.717, 1.165) is 11.3 Å². The molecule has 0 saturated heterocycles. The molecule has 2 N–H and O–H groups in total. The Morgan fingerprint density at radius 3 is 2.67 bits per heavy atom. The summed E-state index contributed by atoms with van der Waals surface area (Å²) in [5.41, 5.74) is -0.201. The summed E-state index contributed by atoms with van der Waals surface area (Å²) >= 11 is 0.867. The Labute approximate surface area is 173 Å². The van der Waals surface area contributed by atoms with Crippen molar-refractivity contribution < 1.29 is 32.7 Å². The Bertz CT molecular complexity index is 1200. The van der Waals surface area contributed by atoms with Gasteiger partial charge in [0.15, 0.2) is 17.4 Å². The molecule has 154 valence electrons. The van der Waals surface area contributed by atoms with Crippen LogP contribution in [0.2, 0.25) is 0 Å². The van der Waals surface area contributed by atoms with Crippen LogP contribution in [0.4, 0.5) is 13.8 Å². The number of hydrogen-bond donors (Lipinski definition) is 2. The Kier molecular flexibility index (Phi) is 4.98. The number of halogens is 2. The number of aryl methyl sites for hydroxylation is 2. The van der Waals surface area contributed by atoms with Gasteiger partial charge in [0.2, 0.25) is 5.91 Å². The average Bonchev–Trinajstić information content (AvgIpc) is 3.34. The number of carbonyl (C=O) groups excluding carboxylic acids is 2. The number of carboxylic acid groups (broad SMARTS) is 1. The number of carbonyl (C=O) groups is 3. The molecule has 6 nitrogen and oxygen atoms in total. The third-order valence-electron chi connectivity index (χ3n) is 5.11. The average molecular weight is 431 g/mol.